The normalized spacial score (nSPS) is 16.2. The number of hydrogen-bond donors (Lipinski definition) is 1. The van der Waals surface area contributed by atoms with E-state index in [0.717, 1.165) is 22.4 Å². The van der Waals surface area contributed by atoms with Crippen LogP contribution in [0.3, 0.4) is 0 Å². The predicted molar refractivity (Wildman–Crippen MR) is 108 cm³/mol. The lowest BCUT2D eigenvalue weighted by Crippen LogP contribution is -2.29. The van der Waals surface area contributed by atoms with Gasteiger partial charge in [0.05, 0.1) is 18.6 Å². The third-order valence-electron chi connectivity index (χ3n) is 5.28. The van der Waals surface area contributed by atoms with E-state index < -0.39 is 11.9 Å². The summed E-state index contributed by atoms with van der Waals surface area (Å²) in [5, 5.41) is 2.86. The Labute approximate surface area is 164 Å². The maximum atomic E-state index is 12.8. The fourth-order valence-corrected chi connectivity index (χ4v) is 3.38. The number of benzene rings is 2. The molecule has 1 heterocycles. The number of nitrogens with one attached hydrogen (secondary N) is 1. The number of carbonyl (C=O) groups excluding carboxylic acids is 3. The molecular weight excluding hydrogens is 356 g/mol. The standard InChI is InChI=1S/C22H24N2O4/c1-13-6-5-7-19(15(13)3)24-12-17(11-20(24)25)21(26)23-18-10-16(22(27)28-4)9-8-14(18)2/h5-10,17H,11-12H2,1-4H3,(H,23,26)/t17-/m0/s1. The Morgan fingerprint density at radius 1 is 1.11 bits per heavy atom. The summed E-state index contributed by atoms with van der Waals surface area (Å²) in [4.78, 5) is 38.7. The molecule has 1 fully saturated rings. The summed E-state index contributed by atoms with van der Waals surface area (Å²) in [5.74, 6) is -1.21. The first kappa shape index (κ1) is 19.6. The van der Waals surface area contributed by atoms with Crippen molar-refractivity contribution in [3.63, 3.8) is 0 Å². The van der Waals surface area contributed by atoms with Crippen LogP contribution < -0.4 is 10.2 Å². The molecule has 146 valence electrons. The van der Waals surface area contributed by atoms with Crippen LogP contribution in [0.2, 0.25) is 0 Å². The van der Waals surface area contributed by atoms with E-state index in [1.54, 1.807) is 23.1 Å². The summed E-state index contributed by atoms with van der Waals surface area (Å²) >= 11 is 0. The molecule has 0 saturated carbocycles. The molecule has 2 aromatic carbocycles. The van der Waals surface area contributed by atoms with Crippen molar-refractivity contribution in [3.05, 3.63) is 58.7 Å². The van der Waals surface area contributed by atoms with Gasteiger partial charge in [-0.1, -0.05) is 18.2 Å². The second kappa shape index (κ2) is 7.84. The third-order valence-corrected chi connectivity index (χ3v) is 5.28. The molecule has 1 aliphatic heterocycles. The van der Waals surface area contributed by atoms with E-state index in [2.05, 4.69) is 5.32 Å². The van der Waals surface area contributed by atoms with Crippen molar-refractivity contribution < 1.29 is 19.1 Å². The van der Waals surface area contributed by atoms with Gasteiger partial charge in [0.2, 0.25) is 11.8 Å². The Bertz CT molecular complexity index is 952. The minimum absolute atomic E-state index is 0.0612. The Morgan fingerprint density at radius 2 is 1.86 bits per heavy atom. The van der Waals surface area contributed by atoms with Crippen LogP contribution in [0.4, 0.5) is 11.4 Å². The van der Waals surface area contributed by atoms with E-state index in [9.17, 15) is 14.4 Å². The van der Waals surface area contributed by atoms with Gasteiger partial charge >= 0.3 is 5.97 Å². The lowest BCUT2D eigenvalue weighted by Gasteiger charge is -2.20. The molecule has 1 atom stereocenters. The second-order valence-corrected chi connectivity index (χ2v) is 7.13. The quantitative estimate of drug-likeness (QED) is 0.825. The molecule has 0 aromatic heterocycles. The molecule has 1 N–H and O–H groups in total. The van der Waals surface area contributed by atoms with Crippen molar-refractivity contribution in [1.82, 2.24) is 0 Å². The lowest BCUT2D eigenvalue weighted by molar-refractivity contribution is -0.122. The van der Waals surface area contributed by atoms with E-state index in [1.807, 2.05) is 39.0 Å². The summed E-state index contributed by atoms with van der Waals surface area (Å²) in [6.07, 6.45) is 0.162. The van der Waals surface area contributed by atoms with Crippen molar-refractivity contribution in [2.45, 2.75) is 27.2 Å². The molecule has 0 unspecified atom stereocenters. The molecule has 0 spiro atoms. The Morgan fingerprint density at radius 3 is 2.57 bits per heavy atom. The fraction of sp³-hybridized carbons (Fsp3) is 0.318. The lowest BCUT2D eigenvalue weighted by atomic mass is 10.1. The molecule has 2 aromatic rings. The van der Waals surface area contributed by atoms with Crippen LogP contribution in [0, 0.1) is 26.7 Å². The first-order valence-corrected chi connectivity index (χ1v) is 9.18. The van der Waals surface area contributed by atoms with Crippen molar-refractivity contribution in [2.75, 3.05) is 23.9 Å². The number of nitrogens with zero attached hydrogens (tertiary/aromatic N) is 1. The Hall–Kier alpha value is -3.15. The van der Waals surface area contributed by atoms with E-state index in [4.69, 9.17) is 4.74 Å². The number of ether oxygens (including phenoxy) is 1. The van der Waals surface area contributed by atoms with Gasteiger partial charge in [-0.15, -0.1) is 0 Å². The van der Waals surface area contributed by atoms with Crippen LogP contribution in [0.25, 0.3) is 0 Å². The van der Waals surface area contributed by atoms with Crippen LogP contribution in [0.15, 0.2) is 36.4 Å². The monoisotopic (exact) mass is 380 g/mol. The zero-order valence-electron chi connectivity index (χ0n) is 16.5. The van der Waals surface area contributed by atoms with Gasteiger partial charge < -0.3 is 15.0 Å². The van der Waals surface area contributed by atoms with Crippen LogP contribution in [0.5, 0.6) is 0 Å². The highest BCUT2D eigenvalue weighted by molar-refractivity contribution is 6.04. The van der Waals surface area contributed by atoms with Gasteiger partial charge in [0.25, 0.3) is 0 Å². The molecule has 1 aliphatic rings. The van der Waals surface area contributed by atoms with Crippen LogP contribution in [-0.2, 0) is 14.3 Å². The molecule has 3 rings (SSSR count). The minimum Gasteiger partial charge on any atom is -0.465 e. The number of methoxy groups -OCH3 is 1. The number of rotatable bonds is 4. The number of anilines is 2. The third kappa shape index (κ3) is 3.76. The van der Waals surface area contributed by atoms with Crippen molar-refractivity contribution in [2.24, 2.45) is 5.92 Å². The largest absolute Gasteiger partial charge is 0.465 e. The molecule has 6 nitrogen and oxygen atoms in total. The highest BCUT2D eigenvalue weighted by Gasteiger charge is 2.36. The SMILES string of the molecule is COC(=O)c1ccc(C)c(NC(=O)[C@H]2CC(=O)N(c3cccc(C)c3C)C2)c1. The number of amides is 2. The summed E-state index contributed by atoms with van der Waals surface area (Å²) < 4.78 is 4.73. The minimum atomic E-state index is -0.465. The summed E-state index contributed by atoms with van der Waals surface area (Å²) in [5.41, 5.74) is 4.74. The maximum absolute atomic E-state index is 12.8. The van der Waals surface area contributed by atoms with E-state index in [0.29, 0.717) is 17.8 Å². The van der Waals surface area contributed by atoms with Crippen LogP contribution in [0.1, 0.15) is 33.5 Å². The van der Waals surface area contributed by atoms with Gasteiger partial charge in [0, 0.05) is 24.3 Å². The van der Waals surface area contributed by atoms with Crippen molar-refractivity contribution in [3.8, 4) is 0 Å². The first-order chi connectivity index (χ1) is 13.3. The fourth-order valence-electron chi connectivity index (χ4n) is 3.38. The highest BCUT2D eigenvalue weighted by atomic mass is 16.5. The van der Waals surface area contributed by atoms with Gasteiger partial charge in [-0.05, 0) is 55.7 Å². The molecular formula is C22H24N2O4. The van der Waals surface area contributed by atoms with Crippen LogP contribution >= 0.6 is 0 Å². The molecule has 6 heteroatoms. The summed E-state index contributed by atoms with van der Waals surface area (Å²) in [6, 6.07) is 10.8. The highest BCUT2D eigenvalue weighted by Crippen LogP contribution is 2.30. The number of carbonyl (C=O) groups is 3. The summed E-state index contributed by atoms with van der Waals surface area (Å²) in [6.45, 7) is 6.16. The molecule has 28 heavy (non-hydrogen) atoms. The van der Waals surface area contributed by atoms with Crippen molar-refractivity contribution in [1.29, 1.82) is 0 Å². The topological polar surface area (TPSA) is 75.7 Å². The first-order valence-electron chi connectivity index (χ1n) is 9.18. The average Bonchev–Trinajstić information content (AvgIpc) is 3.06. The zero-order valence-corrected chi connectivity index (χ0v) is 16.5. The van der Waals surface area contributed by atoms with E-state index in [-0.39, 0.29) is 18.2 Å². The summed E-state index contributed by atoms with van der Waals surface area (Å²) in [7, 11) is 1.31. The molecule has 0 radical (unpaired) electrons. The number of hydrogen-bond acceptors (Lipinski definition) is 4. The zero-order chi connectivity index (χ0) is 20.4. The van der Waals surface area contributed by atoms with Gasteiger partial charge in [-0.25, -0.2) is 4.79 Å². The predicted octanol–water partition coefficient (Wildman–Crippen LogP) is 3.39. The van der Waals surface area contributed by atoms with Gasteiger partial charge in [-0.3, -0.25) is 9.59 Å². The average molecular weight is 380 g/mol. The Kier molecular flexibility index (Phi) is 5.49. The molecule has 2 amide bonds. The second-order valence-electron chi connectivity index (χ2n) is 7.13. The van der Waals surface area contributed by atoms with E-state index in [1.165, 1.54) is 7.11 Å². The van der Waals surface area contributed by atoms with Gasteiger partial charge in [0.15, 0.2) is 0 Å². The van der Waals surface area contributed by atoms with E-state index >= 15 is 0 Å². The van der Waals surface area contributed by atoms with Gasteiger partial charge in [0.1, 0.15) is 0 Å². The number of aryl methyl sites for hydroxylation is 2. The maximum Gasteiger partial charge on any atom is 0.337 e. The van der Waals surface area contributed by atoms with Crippen molar-refractivity contribution >= 4 is 29.2 Å². The molecule has 0 bridgehead atoms. The van der Waals surface area contributed by atoms with Gasteiger partial charge in [-0.2, -0.15) is 0 Å². The Balaban J connectivity index is 1.77. The number of esters is 1. The van der Waals surface area contributed by atoms with Crippen LogP contribution in [-0.4, -0.2) is 31.4 Å². The molecule has 1 saturated heterocycles. The molecule has 0 aliphatic carbocycles. The smallest absolute Gasteiger partial charge is 0.337 e.